The van der Waals surface area contributed by atoms with Crippen molar-refractivity contribution in [1.29, 1.82) is 0 Å². The van der Waals surface area contributed by atoms with Gasteiger partial charge in [-0.25, -0.2) is 0 Å². The maximum absolute atomic E-state index is 13.0. The van der Waals surface area contributed by atoms with Crippen molar-refractivity contribution >= 4 is 0 Å². The van der Waals surface area contributed by atoms with Crippen LogP contribution in [0, 0.1) is 5.41 Å². The molecule has 0 radical (unpaired) electrons. The number of aliphatic hydroxyl groups is 1. The number of hydrogen-bond acceptors (Lipinski definition) is 3. The number of hydrogen-bond donors (Lipinski definition) is 2. The Balaban J connectivity index is 2.40. The topological polar surface area (TPSA) is 35.5 Å². The first-order valence-electron chi connectivity index (χ1n) is 7.48. The van der Waals surface area contributed by atoms with Crippen molar-refractivity contribution in [2.75, 3.05) is 32.8 Å². The second-order valence-corrected chi connectivity index (χ2v) is 6.46. The summed E-state index contributed by atoms with van der Waals surface area (Å²) >= 11 is 0. The van der Waals surface area contributed by atoms with Crippen molar-refractivity contribution in [2.24, 2.45) is 5.41 Å². The fourth-order valence-electron chi connectivity index (χ4n) is 3.07. The van der Waals surface area contributed by atoms with E-state index in [9.17, 15) is 18.3 Å². The van der Waals surface area contributed by atoms with Gasteiger partial charge in [0.2, 0.25) is 0 Å². The fraction of sp³-hybridized carbons (Fsp3) is 0.625. The van der Waals surface area contributed by atoms with E-state index in [1.165, 1.54) is 12.1 Å². The van der Waals surface area contributed by atoms with E-state index in [-0.39, 0.29) is 12.6 Å². The monoisotopic (exact) mass is 316 g/mol. The van der Waals surface area contributed by atoms with Crippen LogP contribution in [0.3, 0.4) is 0 Å². The zero-order chi connectivity index (χ0) is 16.4. The highest BCUT2D eigenvalue weighted by Crippen LogP contribution is 2.40. The highest BCUT2D eigenvalue weighted by Gasteiger charge is 2.37. The molecule has 2 rings (SSSR count). The van der Waals surface area contributed by atoms with Crippen LogP contribution in [0.15, 0.2) is 24.3 Å². The second-order valence-electron chi connectivity index (χ2n) is 6.46. The molecule has 0 saturated carbocycles. The SMILES string of the molecule is CC(C)(CO)[C@H](c1cccc(C(F)(F)F)c1)N1CCNCC1. The third kappa shape index (κ3) is 3.80. The van der Waals surface area contributed by atoms with Crippen LogP contribution >= 0.6 is 0 Å². The molecule has 1 heterocycles. The molecule has 22 heavy (non-hydrogen) atoms. The first kappa shape index (κ1) is 17.2. The number of benzene rings is 1. The van der Waals surface area contributed by atoms with Gasteiger partial charge >= 0.3 is 6.18 Å². The summed E-state index contributed by atoms with van der Waals surface area (Å²) in [5.74, 6) is 0. The molecule has 0 spiro atoms. The molecule has 3 nitrogen and oxygen atoms in total. The number of halogens is 3. The van der Waals surface area contributed by atoms with Crippen molar-refractivity contribution in [3.05, 3.63) is 35.4 Å². The molecule has 1 atom stereocenters. The Kier molecular flexibility index (Phi) is 5.14. The smallest absolute Gasteiger partial charge is 0.396 e. The lowest BCUT2D eigenvalue weighted by atomic mass is 9.79. The predicted octanol–water partition coefficient (Wildman–Crippen LogP) is 2.67. The van der Waals surface area contributed by atoms with E-state index >= 15 is 0 Å². The number of aliphatic hydroxyl groups excluding tert-OH is 1. The first-order valence-corrected chi connectivity index (χ1v) is 7.48. The molecule has 1 aromatic rings. The van der Waals surface area contributed by atoms with Crippen LogP contribution in [0.5, 0.6) is 0 Å². The van der Waals surface area contributed by atoms with Crippen LogP contribution in [-0.2, 0) is 6.18 Å². The lowest BCUT2D eigenvalue weighted by Crippen LogP contribution is -2.49. The van der Waals surface area contributed by atoms with E-state index in [1.807, 2.05) is 13.8 Å². The van der Waals surface area contributed by atoms with Crippen LogP contribution in [0.4, 0.5) is 13.2 Å². The molecule has 0 unspecified atom stereocenters. The Morgan fingerprint density at radius 3 is 2.41 bits per heavy atom. The molecule has 1 aliphatic rings. The Morgan fingerprint density at radius 2 is 1.86 bits per heavy atom. The second kappa shape index (κ2) is 6.56. The van der Waals surface area contributed by atoms with Gasteiger partial charge in [0.25, 0.3) is 0 Å². The fourth-order valence-corrected chi connectivity index (χ4v) is 3.07. The normalized spacial score (nSPS) is 19.2. The molecule has 1 aliphatic heterocycles. The van der Waals surface area contributed by atoms with Crippen LogP contribution in [0.25, 0.3) is 0 Å². The van der Waals surface area contributed by atoms with E-state index in [1.54, 1.807) is 6.07 Å². The van der Waals surface area contributed by atoms with Gasteiger partial charge in [-0.1, -0.05) is 26.0 Å². The molecule has 1 saturated heterocycles. The summed E-state index contributed by atoms with van der Waals surface area (Å²) in [7, 11) is 0. The Labute approximate surface area is 129 Å². The van der Waals surface area contributed by atoms with Gasteiger partial charge in [0, 0.05) is 44.2 Å². The van der Waals surface area contributed by atoms with Crippen LogP contribution < -0.4 is 5.32 Å². The third-order valence-corrected chi connectivity index (χ3v) is 4.19. The number of alkyl halides is 3. The van der Waals surface area contributed by atoms with Crippen molar-refractivity contribution < 1.29 is 18.3 Å². The molecule has 0 aliphatic carbocycles. The van der Waals surface area contributed by atoms with Gasteiger partial charge in [0.05, 0.1) is 5.56 Å². The lowest BCUT2D eigenvalue weighted by Gasteiger charge is -2.43. The predicted molar refractivity (Wildman–Crippen MR) is 79.5 cm³/mol. The summed E-state index contributed by atoms with van der Waals surface area (Å²) in [5, 5.41) is 13.0. The summed E-state index contributed by atoms with van der Waals surface area (Å²) in [6.45, 7) is 6.81. The van der Waals surface area contributed by atoms with Gasteiger partial charge in [0.1, 0.15) is 0 Å². The third-order valence-electron chi connectivity index (χ3n) is 4.19. The van der Waals surface area contributed by atoms with Crippen molar-refractivity contribution in [3.63, 3.8) is 0 Å². The minimum Gasteiger partial charge on any atom is -0.396 e. The van der Waals surface area contributed by atoms with Gasteiger partial charge in [-0.15, -0.1) is 0 Å². The molecule has 0 aromatic heterocycles. The summed E-state index contributed by atoms with van der Waals surface area (Å²) in [6.07, 6.45) is -4.35. The summed E-state index contributed by atoms with van der Waals surface area (Å²) in [5.41, 5.74) is -0.559. The summed E-state index contributed by atoms with van der Waals surface area (Å²) in [6, 6.07) is 5.22. The van der Waals surface area contributed by atoms with Crippen molar-refractivity contribution in [3.8, 4) is 0 Å². The summed E-state index contributed by atoms with van der Waals surface area (Å²) < 4.78 is 38.9. The van der Waals surface area contributed by atoms with Crippen LogP contribution in [0.1, 0.15) is 31.0 Å². The molecule has 6 heteroatoms. The quantitative estimate of drug-likeness (QED) is 0.896. The summed E-state index contributed by atoms with van der Waals surface area (Å²) in [4.78, 5) is 2.15. The minimum atomic E-state index is -4.35. The number of nitrogens with one attached hydrogen (secondary N) is 1. The maximum Gasteiger partial charge on any atom is 0.416 e. The van der Waals surface area contributed by atoms with Gasteiger partial charge < -0.3 is 10.4 Å². The van der Waals surface area contributed by atoms with E-state index in [0.29, 0.717) is 5.56 Å². The number of piperazine rings is 1. The molecular weight excluding hydrogens is 293 g/mol. The molecule has 1 fully saturated rings. The highest BCUT2D eigenvalue weighted by molar-refractivity contribution is 5.29. The molecular formula is C16H23F3N2O. The zero-order valence-electron chi connectivity index (χ0n) is 13.0. The largest absolute Gasteiger partial charge is 0.416 e. The molecule has 2 N–H and O–H groups in total. The van der Waals surface area contributed by atoms with E-state index in [0.717, 1.165) is 32.2 Å². The lowest BCUT2D eigenvalue weighted by molar-refractivity contribution is -0.137. The number of rotatable bonds is 4. The molecule has 124 valence electrons. The maximum atomic E-state index is 13.0. The zero-order valence-corrected chi connectivity index (χ0v) is 13.0. The standard InChI is InChI=1S/C16H23F3N2O/c1-15(2,11-22)14(21-8-6-20-7-9-21)12-4-3-5-13(10-12)16(17,18)19/h3-5,10,14,20,22H,6-9,11H2,1-2H3/t14-/m0/s1. The molecule has 0 amide bonds. The Hall–Kier alpha value is -1.11. The average Bonchev–Trinajstić information content (AvgIpc) is 2.48. The Bertz CT molecular complexity index is 496. The van der Waals surface area contributed by atoms with Crippen molar-refractivity contribution in [1.82, 2.24) is 10.2 Å². The number of nitrogens with zero attached hydrogens (tertiary/aromatic N) is 1. The van der Waals surface area contributed by atoms with E-state index in [2.05, 4.69) is 10.2 Å². The highest BCUT2D eigenvalue weighted by atomic mass is 19.4. The van der Waals surface area contributed by atoms with Gasteiger partial charge in [-0.3, -0.25) is 4.90 Å². The van der Waals surface area contributed by atoms with Crippen LogP contribution in [-0.4, -0.2) is 42.8 Å². The van der Waals surface area contributed by atoms with Gasteiger partial charge in [-0.05, 0) is 17.7 Å². The van der Waals surface area contributed by atoms with E-state index in [4.69, 9.17) is 0 Å². The molecule has 0 bridgehead atoms. The Morgan fingerprint density at radius 1 is 1.23 bits per heavy atom. The van der Waals surface area contributed by atoms with Gasteiger partial charge in [-0.2, -0.15) is 13.2 Å². The van der Waals surface area contributed by atoms with Crippen LogP contribution in [0.2, 0.25) is 0 Å². The van der Waals surface area contributed by atoms with Gasteiger partial charge in [0.15, 0.2) is 0 Å². The van der Waals surface area contributed by atoms with E-state index < -0.39 is 17.2 Å². The minimum absolute atomic E-state index is 0.0855. The van der Waals surface area contributed by atoms with Crippen molar-refractivity contribution in [2.45, 2.75) is 26.1 Å². The molecule has 1 aromatic carbocycles. The average molecular weight is 316 g/mol. The first-order chi connectivity index (χ1) is 10.3.